The Morgan fingerprint density at radius 2 is 1.83 bits per heavy atom. The van der Waals surface area contributed by atoms with E-state index in [1.807, 2.05) is 6.07 Å². The summed E-state index contributed by atoms with van der Waals surface area (Å²) in [5.74, 6) is 0. The van der Waals surface area contributed by atoms with E-state index in [9.17, 15) is 8.76 Å². The average Bonchev–Trinajstić information content (AvgIpc) is 2.05. The van der Waals surface area contributed by atoms with E-state index in [1.54, 1.807) is 0 Å². The molecule has 1 aromatic rings. The molecule has 0 heterocycles. The Morgan fingerprint density at radius 3 is 2.17 bits per heavy atom. The van der Waals surface area contributed by atoms with Crippen molar-refractivity contribution < 1.29 is 60.1 Å². The van der Waals surface area contributed by atoms with Crippen molar-refractivity contribution in [3.8, 4) is 6.07 Å². The number of nitrogens with zero attached hydrogens (tertiary/aromatic N) is 1. The van der Waals surface area contributed by atoms with E-state index < -0.39 is 11.1 Å². The second-order valence-corrected chi connectivity index (χ2v) is 2.81. The van der Waals surface area contributed by atoms with Gasteiger partial charge in [-0.3, -0.25) is 4.21 Å². The van der Waals surface area contributed by atoms with E-state index >= 15 is 0 Å². The summed E-state index contributed by atoms with van der Waals surface area (Å²) < 4.78 is 20.6. The molecule has 1 aromatic carbocycles. The third-order valence-electron chi connectivity index (χ3n) is 1.18. The number of rotatable bonds is 1. The first-order chi connectivity index (χ1) is 5.24. The molecule has 12 heavy (non-hydrogen) atoms. The second kappa shape index (κ2) is 5.99. The van der Waals surface area contributed by atoms with Crippen LogP contribution in [0.15, 0.2) is 29.2 Å². The molecular weight excluding hydrogens is 201 g/mol. The van der Waals surface area contributed by atoms with Gasteiger partial charge in [0.15, 0.2) is 0 Å². The molecule has 0 aliphatic carbocycles. The summed E-state index contributed by atoms with van der Waals surface area (Å²) in [7, 11) is 0. The fraction of sp³-hybridized carbons (Fsp3) is 0. The summed E-state index contributed by atoms with van der Waals surface area (Å²) in [6.45, 7) is 0. The van der Waals surface area contributed by atoms with Crippen molar-refractivity contribution >= 4 is 11.1 Å². The molecule has 0 aliphatic rings. The average molecular weight is 205 g/mol. The first-order valence-electron chi connectivity index (χ1n) is 2.83. The SMILES string of the molecule is N#Cc1ccc(S(=O)[O-])cc1.[K+]. The van der Waals surface area contributed by atoms with Crippen molar-refractivity contribution in [1.82, 2.24) is 0 Å². The fourth-order valence-electron chi connectivity index (χ4n) is 0.641. The minimum absolute atomic E-state index is 0. The monoisotopic (exact) mass is 205 g/mol. The summed E-state index contributed by atoms with van der Waals surface area (Å²) in [5.41, 5.74) is 0.458. The molecule has 0 spiro atoms. The van der Waals surface area contributed by atoms with Crippen LogP contribution in [0.25, 0.3) is 0 Å². The first-order valence-corrected chi connectivity index (χ1v) is 3.91. The molecule has 0 amide bonds. The third-order valence-corrected chi connectivity index (χ3v) is 1.83. The topological polar surface area (TPSA) is 63.9 Å². The Kier molecular flexibility index (Phi) is 6.22. The van der Waals surface area contributed by atoms with Crippen LogP contribution in [0.2, 0.25) is 0 Å². The van der Waals surface area contributed by atoms with Crippen molar-refractivity contribution in [3.05, 3.63) is 29.8 Å². The van der Waals surface area contributed by atoms with Crippen molar-refractivity contribution in [2.75, 3.05) is 0 Å². The van der Waals surface area contributed by atoms with E-state index in [1.165, 1.54) is 24.3 Å². The van der Waals surface area contributed by atoms with Crippen molar-refractivity contribution in [1.29, 1.82) is 5.26 Å². The third kappa shape index (κ3) is 3.45. The Morgan fingerprint density at radius 1 is 1.33 bits per heavy atom. The zero-order valence-corrected chi connectivity index (χ0v) is 10.4. The molecule has 1 rings (SSSR count). The molecule has 56 valence electrons. The Bertz CT molecular complexity index is 317. The summed E-state index contributed by atoms with van der Waals surface area (Å²) in [6.07, 6.45) is 0. The van der Waals surface area contributed by atoms with Gasteiger partial charge in [0.25, 0.3) is 0 Å². The molecule has 0 bridgehead atoms. The standard InChI is InChI=1S/C7H5NO2S.K/c8-5-6-1-3-7(4-2-6)11(9)10;/h1-4H,(H,9,10);/q;+1/p-1. The Hall–Kier alpha value is 0.456. The maximum absolute atomic E-state index is 10.3. The zero-order valence-electron chi connectivity index (χ0n) is 6.48. The van der Waals surface area contributed by atoms with Gasteiger partial charge in [-0.05, 0) is 35.3 Å². The van der Waals surface area contributed by atoms with E-state index in [2.05, 4.69) is 0 Å². The predicted molar refractivity (Wildman–Crippen MR) is 38.3 cm³/mol. The summed E-state index contributed by atoms with van der Waals surface area (Å²) in [5, 5.41) is 8.36. The zero-order chi connectivity index (χ0) is 8.27. The molecular formula is C7H4KNO2S. The number of nitriles is 1. The van der Waals surface area contributed by atoms with E-state index in [-0.39, 0.29) is 56.3 Å². The molecule has 0 saturated carbocycles. The van der Waals surface area contributed by atoms with Gasteiger partial charge in [0, 0.05) is 4.90 Å². The molecule has 3 nitrogen and oxygen atoms in total. The maximum Gasteiger partial charge on any atom is 1.00 e. The summed E-state index contributed by atoms with van der Waals surface area (Å²) in [4.78, 5) is 0.198. The van der Waals surface area contributed by atoms with Crippen LogP contribution in [0.1, 0.15) is 5.56 Å². The van der Waals surface area contributed by atoms with Gasteiger partial charge in [0.05, 0.1) is 11.6 Å². The van der Waals surface area contributed by atoms with Crippen LogP contribution >= 0.6 is 0 Å². The maximum atomic E-state index is 10.3. The van der Waals surface area contributed by atoms with Gasteiger partial charge in [-0.1, -0.05) is 0 Å². The number of benzene rings is 1. The molecule has 0 saturated heterocycles. The van der Waals surface area contributed by atoms with Crippen LogP contribution in [-0.4, -0.2) is 8.76 Å². The molecule has 5 heteroatoms. The summed E-state index contributed by atoms with van der Waals surface area (Å²) in [6, 6.07) is 7.60. The Balaban J connectivity index is 0.00000121. The second-order valence-electron chi connectivity index (χ2n) is 1.87. The molecule has 0 radical (unpaired) electrons. The van der Waals surface area contributed by atoms with E-state index in [0.29, 0.717) is 5.56 Å². The largest absolute Gasteiger partial charge is 1.00 e. The molecule has 0 aliphatic heterocycles. The van der Waals surface area contributed by atoms with Crippen LogP contribution in [-0.2, 0) is 11.1 Å². The first kappa shape index (κ1) is 12.5. The van der Waals surface area contributed by atoms with Gasteiger partial charge in [-0.25, -0.2) is 0 Å². The minimum atomic E-state index is -2.20. The van der Waals surface area contributed by atoms with Crippen molar-refractivity contribution in [2.24, 2.45) is 0 Å². The van der Waals surface area contributed by atoms with E-state index in [0.717, 1.165) is 0 Å². The quantitative estimate of drug-likeness (QED) is 0.386. The smallest absolute Gasteiger partial charge is 0.768 e. The van der Waals surface area contributed by atoms with Crippen LogP contribution in [0, 0.1) is 11.3 Å². The number of hydrogen-bond donors (Lipinski definition) is 0. The molecule has 0 N–H and O–H groups in total. The van der Waals surface area contributed by atoms with Crippen LogP contribution in [0.3, 0.4) is 0 Å². The van der Waals surface area contributed by atoms with Crippen LogP contribution in [0.5, 0.6) is 0 Å². The van der Waals surface area contributed by atoms with Gasteiger partial charge in [0.1, 0.15) is 0 Å². The van der Waals surface area contributed by atoms with Gasteiger partial charge in [-0.2, -0.15) is 5.26 Å². The normalized spacial score (nSPS) is 11.0. The summed E-state index contributed by atoms with van der Waals surface area (Å²) >= 11 is -2.20. The van der Waals surface area contributed by atoms with Crippen molar-refractivity contribution in [3.63, 3.8) is 0 Å². The van der Waals surface area contributed by atoms with Crippen molar-refractivity contribution in [2.45, 2.75) is 4.90 Å². The molecule has 1 unspecified atom stereocenters. The number of hydrogen-bond acceptors (Lipinski definition) is 3. The van der Waals surface area contributed by atoms with Crippen LogP contribution < -0.4 is 51.4 Å². The Labute approximate surface area is 115 Å². The molecule has 0 aromatic heterocycles. The van der Waals surface area contributed by atoms with Gasteiger partial charge >= 0.3 is 51.4 Å². The van der Waals surface area contributed by atoms with Crippen LogP contribution in [0.4, 0.5) is 0 Å². The molecule has 0 fully saturated rings. The molecule has 1 atom stereocenters. The predicted octanol–water partition coefficient (Wildman–Crippen LogP) is -2.20. The van der Waals surface area contributed by atoms with E-state index in [4.69, 9.17) is 5.26 Å². The fourth-order valence-corrected chi connectivity index (χ4v) is 0.999. The van der Waals surface area contributed by atoms with Gasteiger partial charge in [-0.15, -0.1) is 0 Å². The van der Waals surface area contributed by atoms with Gasteiger partial charge in [0.2, 0.25) is 0 Å². The minimum Gasteiger partial charge on any atom is -0.768 e. The van der Waals surface area contributed by atoms with Gasteiger partial charge < -0.3 is 4.55 Å².